The summed E-state index contributed by atoms with van der Waals surface area (Å²) in [4.78, 5) is 12.3. The molecule has 0 aliphatic carbocycles. The molecule has 0 radical (unpaired) electrons. The summed E-state index contributed by atoms with van der Waals surface area (Å²) in [7, 11) is -2.46. The van der Waals surface area contributed by atoms with E-state index in [0.29, 0.717) is 0 Å². The summed E-state index contributed by atoms with van der Waals surface area (Å²) in [5.74, 6) is -1.15. The van der Waals surface area contributed by atoms with E-state index in [4.69, 9.17) is 4.74 Å². The molecule has 0 bridgehead atoms. The summed E-state index contributed by atoms with van der Waals surface area (Å²) in [5, 5.41) is 2.51. The lowest BCUT2D eigenvalue weighted by Crippen LogP contribution is -2.23. The molecular formula is C21H19FN2O4S. The van der Waals surface area contributed by atoms with Crippen LogP contribution in [0.25, 0.3) is 0 Å². The molecule has 0 saturated heterocycles. The van der Waals surface area contributed by atoms with Crippen LogP contribution in [0.1, 0.15) is 15.9 Å². The van der Waals surface area contributed by atoms with E-state index in [-0.39, 0.29) is 28.4 Å². The van der Waals surface area contributed by atoms with Crippen LogP contribution in [-0.2, 0) is 16.6 Å². The molecule has 3 rings (SSSR count). The first-order chi connectivity index (χ1) is 13.9. The van der Waals surface area contributed by atoms with Gasteiger partial charge in [0.2, 0.25) is 10.0 Å². The number of halogens is 1. The molecule has 0 spiro atoms. The molecule has 0 fully saturated rings. The molecule has 0 aliphatic heterocycles. The highest BCUT2D eigenvalue weighted by molar-refractivity contribution is 7.89. The molecular weight excluding hydrogens is 395 g/mol. The number of rotatable bonds is 7. The van der Waals surface area contributed by atoms with Crippen LogP contribution in [0, 0.1) is 5.82 Å². The molecule has 8 heteroatoms. The van der Waals surface area contributed by atoms with Gasteiger partial charge in [-0.3, -0.25) is 4.79 Å². The van der Waals surface area contributed by atoms with Gasteiger partial charge < -0.3 is 10.1 Å². The minimum absolute atomic E-state index is 0.0573. The van der Waals surface area contributed by atoms with Crippen molar-refractivity contribution in [2.75, 3.05) is 12.4 Å². The molecule has 0 saturated carbocycles. The number of carbonyl (C=O) groups excluding carboxylic acids is 1. The zero-order valence-electron chi connectivity index (χ0n) is 15.6. The van der Waals surface area contributed by atoms with Gasteiger partial charge in [-0.05, 0) is 35.9 Å². The predicted octanol–water partition coefficient (Wildman–Crippen LogP) is 3.57. The van der Waals surface area contributed by atoms with E-state index in [0.717, 1.165) is 5.56 Å². The summed E-state index contributed by atoms with van der Waals surface area (Å²) < 4.78 is 46.8. The van der Waals surface area contributed by atoms with Gasteiger partial charge in [0.15, 0.2) is 0 Å². The molecule has 0 unspecified atom stereocenters. The van der Waals surface area contributed by atoms with Gasteiger partial charge in [-0.15, -0.1) is 0 Å². The van der Waals surface area contributed by atoms with Crippen LogP contribution >= 0.6 is 0 Å². The van der Waals surface area contributed by atoms with Gasteiger partial charge >= 0.3 is 0 Å². The van der Waals surface area contributed by atoms with Crippen molar-refractivity contribution in [3.05, 3.63) is 89.7 Å². The van der Waals surface area contributed by atoms with Gasteiger partial charge in [0, 0.05) is 6.54 Å². The number of methoxy groups -OCH3 is 1. The molecule has 3 aromatic rings. The van der Waals surface area contributed by atoms with Crippen LogP contribution in [-0.4, -0.2) is 21.4 Å². The van der Waals surface area contributed by atoms with Crippen molar-refractivity contribution >= 4 is 21.6 Å². The summed E-state index contributed by atoms with van der Waals surface area (Å²) in [5.41, 5.74) is 0.756. The molecule has 29 heavy (non-hydrogen) atoms. The van der Waals surface area contributed by atoms with Gasteiger partial charge in [-0.2, -0.15) is 0 Å². The molecule has 6 nitrogen and oxygen atoms in total. The lowest BCUT2D eigenvalue weighted by atomic mass is 10.2. The highest BCUT2D eigenvalue weighted by Gasteiger charge is 2.19. The quantitative estimate of drug-likeness (QED) is 0.619. The van der Waals surface area contributed by atoms with Crippen molar-refractivity contribution in [2.45, 2.75) is 11.4 Å². The van der Waals surface area contributed by atoms with Crippen molar-refractivity contribution in [1.82, 2.24) is 4.72 Å². The third-order valence-corrected chi connectivity index (χ3v) is 5.56. The van der Waals surface area contributed by atoms with E-state index in [1.807, 2.05) is 18.2 Å². The average molecular weight is 414 g/mol. The number of benzene rings is 3. The first-order valence-corrected chi connectivity index (χ1v) is 10.2. The van der Waals surface area contributed by atoms with Gasteiger partial charge in [-0.1, -0.05) is 42.5 Å². The third kappa shape index (κ3) is 4.98. The summed E-state index contributed by atoms with van der Waals surface area (Å²) in [6.45, 7) is 0.117. The topological polar surface area (TPSA) is 84.5 Å². The predicted molar refractivity (Wildman–Crippen MR) is 108 cm³/mol. The van der Waals surface area contributed by atoms with E-state index >= 15 is 0 Å². The highest BCUT2D eigenvalue weighted by atomic mass is 32.2. The Morgan fingerprint density at radius 3 is 2.38 bits per heavy atom. The second-order valence-corrected chi connectivity index (χ2v) is 7.87. The van der Waals surface area contributed by atoms with E-state index < -0.39 is 21.7 Å². The zero-order valence-corrected chi connectivity index (χ0v) is 16.4. The maximum atomic E-state index is 13.9. The third-order valence-electron chi connectivity index (χ3n) is 4.16. The maximum absolute atomic E-state index is 13.9. The Bertz CT molecular complexity index is 1120. The second kappa shape index (κ2) is 8.85. The van der Waals surface area contributed by atoms with Crippen LogP contribution in [0.15, 0.2) is 77.7 Å². The summed E-state index contributed by atoms with van der Waals surface area (Å²) >= 11 is 0. The highest BCUT2D eigenvalue weighted by Crippen LogP contribution is 2.28. The number of anilines is 1. The van der Waals surface area contributed by atoms with E-state index in [9.17, 15) is 17.6 Å². The number of hydrogen-bond acceptors (Lipinski definition) is 4. The number of hydrogen-bond donors (Lipinski definition) is 2. The van der Waals surface area contributed by atoms with Gasteiger partial charge in [0.25, 0.3) is 5.91 Å². The Morgan fingerprint density at radius 2 is 1.69 bits per heavy atom. The van der Waals surface area contributed by atoms with Crippen molar-refractivity contribution in [1.29, 1.82) is 0 Å². The maximum Gasteiger partial charge on any atom is 0.258 e. The molecule has 2 N–H and O–H groups in total. The average Bonchev–Trinajstić information content (AvgIpc) is 2.73. The van der Waals surface area contributed by atoms with E-state index in [1.54, 1.807) is 12.1 Å². The number of amides is 1. The number of sulfonamides is 1. The Labute approximate surface area is 168 Å². The van der Waals surface area contributed by atoms with Gasteiger partial charge in [-0.25, -0.2) is 17.5 Å². The van der Waals surface area contributed by atoms with Crippen molar-refractivity contribution < 1.29 is 22.3 Å². The Balaban J connectivity index is 1.84. The van der Waals surface area contributed by atoms with Crippen LogP contribution in [0.3, 0.4) is 0 Å². The Kier molecular flexibility index (Phi) is 6.26. The second-order valence-electron chi connectivity index (χ2n) is 6.11. The van der Waals surface area contributed by atoms with Crippen molar-refractivity contribution in [2.24, 2.45) is 0 Å². The van der Waals surface area contributed by atoms with E-state index in [2.05, 4.69) is 10.0 Å². The molecule has 0 aromatic heterocycles. The molecule has 0 aliphatic rings. The minimum Gasteiger partial charge on any atom is -0.495 e. The number of ether oxygens (including phenoxy) is 1. The number of carbonyl (C=O) groups is 1. The number of nitrogens with one attached hydrogen (secondary N) is 2. The first kappa shape index (κ1) is 20.5. The largest absolute Gasteiger partial charge is 0.495 e. The smallest absolute Gasteiger partial charge is 0.258 e. The SMILES string of the molecule is COc1ccc(S(=O)(=O)NCc2ccccc2)cc1NC(=O)c1ccccc1F. The first-order valence-electron chi connectivity index (χ1n) is 8.68. The summed E-state index contributed by atoms with van der Waals surface area (Å²) in [6, 6.07) is 18.6. The lowest BCUT2D eigenvalue weighted by Gasteiger charge is -2.13. The standard InChI is InChI=1S/C21H19FN2O4S/c1-28-20-12-11-16(29(26,27)23-14-15-7-3-2-4-8-15)13-19(20)24-21(25)17-9-5-6-10-18(17)22/h2-13,23H,14H2,1H3,(H,24,25). The van der Waals surface area contributed by atoms with Crippen LogP contribution in [0.5, 0.6) is 5.75 Å². The normalized spacial score (nSPS) is 11.1. The molecule has 0 heterocycles. The molecule has 1 amide bonds. The molecule has 3 aromatic carbocycles. The van der Waals surface area contributed by atoms with Gasteiger partial charge in [0.05, 0.1) is 23.3 Å². The molecule has 150 valence electrons. The van der Waals surface area contributed by atoms with Crippen LogP contribution < -0.4 is 14.8 Å². The summed E-state index contributed by atoms with van der Waals surface area (Å²) in [6.07, 6.45) is 0. The van der Waals surface area contributed by atoms with Crippen molar-refractivity contribution in [3.8, 4) is 5.75 Å². The van der Waals surface area contributed by atoms with Crippen molar-refractivity contribution in [3.63, 3.8) is 0 Å². The fraction of sp³-hybridized carbons (Fsp3) is 0.0952. The minimum atomic E-state index is -3.85. The van der Waals surface area contributed by atoms with E-state index in [1.165, 1.54) is 49.6 Å². The fourth-order valence-electron chi connectivity index (χ4n) is 2.64. The Morgan fingerprint density at radius 1 is 1.00 bits per heavy atom. The van der Waals surface area contributed by atoms with Gasteiger partial charge in [0.1, 0.15) is 11.6 Å². The monoisotopic (exact) mass is 414 g/mol. The van der Waals surface area contributed by atoms with Crippen LogP contribution in [0.4, 0.5) is 10.1 Å². The fourth-order valence-corrected chi connectivity index (χ4v) is 3.69. The molecule has 0 atom stereocenters. The van der Waals surface area contributed by atoms with Crippen LogP contribution in [0.2, 0.25) is 0 Å². The zero-order chi connectivity index (χ0) is 20.9. The lowest BCUT2D eigenvalue weighted by molar-refractivity contribution is 0.102. The Hall–Kier alpha value is -3.23.